The van der Waals surface area contributed by atoms with Gasteiger partial charge in [0.25, 0.3) is 5.56 Å². The number of nitrogens with one attached hydrogen (secondary N) is 2. The number of anilines is 2. The van der Waals surface area contributed by atoms with E-state index in [4.69, 9.17) is 0 Å². The summed E-state index contributed by atoms with van der Waals surface area (Å²) in [7, 11) is 1.86. The maximum atomic E-state index is 12.8. The summed E-state index contributed by atoms with van der Waals surface area (Å²) in [5.41, 5.74) is 6.53. The lowest BCUT2D eigenvalue weighted by molar-refractivity contribution is 0.551. The van der Waals surface area contributed by atoms with Crippen LogP contribution in [0.1, 0.15) is 16.4 Å². The molecule has 0 aromatic carbocycles. The van der Waals surface area contributed by atoms with Crippen LogP contribution in [0.25, 0.3) is 0 Å². The normalized spacial score (nSPS) is 15.8. The summed E-state index contributed by atoms with van der Waals surface area (Å²) in [5, 5.41) is 9.95. The predicted octanol–water partition coefficient (Wildman–Crippen LogP) is 1.90. The van der Waals surface area contributed by atoms with Crippen LogP contribution in [0.5, 0.6) is 0 Å². The predicted molar refractivity (Wildman–Crippen MR) is 107 cm³/mol. The first-order chi connectivity index (χ1) is 13.2. The fourth-order valence-electron chi connectivity index (χ4n) is 2.78. The van der Waals surface area contributed by atoms with Gasteiger partial charge < -0.3 is 10.3 Å². The van der Waals surface area contributed by atoms with Gasteiger partial charge in [-0.3, -0.25) is 4.79 Å². The van der Waals surface area contributed by atoms with Crippen LogP contribution >= 0.6 is 22.7 Å². The van der Waals surface area contributed by atoms with Crippen molar-refractivity contribution in [3.63, 3.8) is 0 Å². The van der Waals surface area contributed by atoms with E-state index in [2.05, 4.69) is 32.0 Å². The summed E-state index contributed by atoms with van der Waals surface area (Å²) < 4.78 is 1.43. The Hall–Kier alpha value is -2.56. The highest BCUT2D eigenvalue weighted by molar-refractivity contribution is 7.10. The van der Waals surface area contributed by atoms with Gasteiger partial charge in [-0.2, -0.15) is 5.10 Å². The van der Waals surface area contributed by atoms with E-state index in [9.17, 15) is 4.79 Å². The third-order valence-electron chi connectivity index (χ3n) is 4.25. The number of aromatic nitrogens is 4. The molecule has 0 saturated heterocycles. The molecule has 1 aliphatic heterocycles. The number of hydrazine groups is 1. The minimum atomic E-state index is -0.156. The lowest BCUT2D eigenvalue weighted by Gasteiger charge is -2.16. The van der Waals surface area contributed by atoms with Crippen molar-refractivity contribution >= 4 is 34.2 Å². The highest BCUT2D eigenvalue weighted by Crippen LogP contribution is 2.24. The molecule has 3 aromatic rings. The molecule has 1 unspecified atom stereocenters. The van der Waals surface area contributed by atoms with Gasteiger partial charge in [0.2, 0.25) is 0 Å². The first-order valence-electron chi connectivity index (χ1n) is 8.51. The summed E-state index contributed by atoms with van der Waals surface area (Å²) in [6.45, 7) is 0.371. The Balaban J connectivity index is 1.48. The number of rotatable bonds is 7. The van der Waals surface area contributed by atoms with Crippen LogP contribution < -0.4 is 21.3 Å². The molecule has 27 heavy (non-hydrogen) atoms. The third kappa shape index (κ3) is 4.07. The van der Waals surface area contributed by atoms with Crippen molar-refractivity contribution < 1.29 is 0 Å². The topological polar surface area (TPSA) is 88.0 Å². The van der Waals surface area contributed by atoms with Crippen LogP contribution in [-0.2, 0) is 13.0 Å². The fourth-order valence-corrected chi connectivity index (χ4v) is 4.21. The van der Waals surface area contributed by atoms with Gasteiger partial charge in [-0.15, -0.1) is 22.7 Å². The van der Waals surface area contributed by atoms with E-state index >= 15 is 0 Å². The lowest BCUT2D eigenvalue weighted by atomic mass is 10.2. The van der Waals surface area contributed by atoms with Crippen molar-refractivity contribution in [3.8, 4) is 0 Å². The minimum Gasteiger partial charge on any atom is -0.328 e. The molecule has 0 aliphatic carbocycles. The Morgan fingerprint density at radius 2 is 2.22 bits per heavy atom. The van der Waals surface area contributed by atoms with Crippen molar-refractivity contribution in [1.29, 1.82) is 0 Å². The summed E-state index contributed by atoms with van der Waals surface area (Å²) >= 11 is 3.12. The SMILES string of the molecule is CN(c1csc(CCC2C=CNN2)n1)c1ccnn(Cc2nccs2)c1=O. The number of nitrogens with zero attached hydrogens (tertiary/aromatic N) is 5. The molecule has 4 heterocycles. The van der Waals surface area contributed by atoms with Crippen LogP contribution in [-0.4, -0.2) is 32.8 Å². The highest BCUT2D eigenvalue weighted by atomic mass is 32.1. The standard InChI is InChI=1S/C17H19N7OS2/c1-23(14-11-27-15(21-14)3-2-12-4-6-19-22-12)13-5-7-20-24(17(13)25)10-16-18-8-9-26-16/h4-9,11-12,19,22H,2-3,10H2,1H3. The minimum absolute atomic E-state index is 0.156. The Morgan fingerprint density at radius 1 is 1.30 bits per heavy atom. The largest absolute Gasteiger partial charge is 0.328 e. The molecule has 0 radical (unpaired) electrons. The molecule has 2 N–H and O–H groups in total. The quantitative estimate of drug-likeness (QED) is 0.625. The molecule has 0 spiro atoms. The zero-order valence-electron chi connectivity index (χ0n) is 14.7. The summed E-state index contributed by atoms with van der Waals surface area (Å²) in [4.78, 5) is 23.5. The van der Waals surface area contributed by atoms with Gasteiger partial charge in [-0.25, -0.2) is 20.1 Å². The van der Waals surface area contributed by atoms with Gasteiger partial charge in [-0.05, 0) is 18.6 Å². The highest BCUT2D eigenvalue weighted by Gasteiger charge is 2.15. The molecule has 0 amide bonds. The average molecular weight is 402 g/mol. The van der Waals surface area contributed by atoms with Crippen LogP contribution in [0, 0.1) is 0 Å². The number of thiazole rings is 2. The zero-order chi connectivity index (χ0) is 18.6. The van der Waals surface area contributed by atoms with E-state index in [1.54, 1.807) is 29.8 Å². The molecular weight excluding hydrogens is 382 g/mol. The second kappa shape index (κ2) is 7.99. The van der Waals surface area contributed by atoms with Gasteiger partial charge in [0.1, 0.15) is 16.5 Å². The molecule has 0 saturated carbocycles. The second-order valence-electron chi connectivity index (χ2n) is 6.06. The molecule has 8 nitrogen and oxygen atoms in total. The Bertz CT molecular complexity index is 979. The van der Waals surface area contributed by atoms with Gasteiger partial charge >= 0.3 is 0 Å². The monoisotopic (exact) mass is 401 g/mol. The van der Waals surface area contributed by atoms with Gasteiger partial charge in [0.05, 0.1) is 11.6 Å². The van der Waals surface area contributed by atoms with Gasteiger partial charge in [-0.1, -0.05) is 0 Å². The zero-order valence-corrected chi connectivity index (χ0v) is 16.3. The molecule has 0 bridgehead atoms. The van der Waals surface area contributed by atoms with E-state index in [1.807, 2.05) is 28.9 Å². The molecule has 140 valence electrons. The summed E-state index contributed by atoms with van der Waals surface area (Å²) in [6.07, 6.45) is 9.22. The first-order valence-corrected chi connectivity index (χ1v) is 10.3. The van der Waals surface area contributed by atoms with Crippen LogP contribution in [0.3, 0.4) is 0 Å². The van der Waals surface area contributed by atoms with Crippen molar-refractivity contribution in [2.75, 3.05) is 11.9 Å². The molecule has 1 atom stereocenters. The van der Waals surface area contributed by atoms with Crippen molar-refractivity contribution in [2.45, 2.75) is 25.4 Å². The maximum Gasteiger partial charge on any atom is 0.291 e. The van der Waals surface area contributed by atoms with Crippen LogP contribution in [0.15, 0.2) is 46.3 Å². The molecule has 0 fully saturated rings. The molecule has 3 aromatic heterocycles. The molecule has 10 heteroatoms. The van der Waals surface area contributed by atoms with Crippen molar-refractivity contribution in [2.24, 2.45) is 0 Å². The lowest BCUT2D eigenvalue weighted by Crippen LogP contribution is -2.30. The van der Waals surface area contributed by atoms with E-state index < -0.39 is 0 Å². The maximum absolute atomic E-state index is 12.8. The average Bonchev–Trinajstić information content (AvgIpc) is 3.44. The Morgan fingerprint density at radius 3 is 3.00 bits per heavy atom. The van der Waals surface area contributed by atoms with Crippen molar-refractivity contribution in [1.82, 2.24) is 30.6 Å². The second-order valence-corrected chi connectivity index (χ2v) is 7.98. The smallest absolute Gasteiger partial charge is 0.291 e. The van der Waals surface area contributed by atoms with Crippen LogP contribution in [0.2, 0.25) is 0 Å². The number of hydrogen-bond acceptors (Lipinski definition) is 9. The first kappa shape index (κ1) is 17.8. The van der Waals surface area contributed by atoms with E-state index in [0.717, 1.165) is 28.7 Å². The van der Waals surface area contributed by atoms with Crippen molar-refractivity contribution in [3.05, 3.63) is 61.9 Å². The fraction of sp³-hybridized carbons (Fsp3) is 0.294. The molecular formula is C17H19N7OS2. The molecule has 4 rings (SSSR count). The Kier molecular flexibility index (Phi) is 5.28. The summed E-state index contributed by atoms with van der Waals surface area (Å²) in [6, 6.07) is 2.05. The van der Waals surface area contributed by atoms with E-state index in [0.29, 0.717) is 18.3 Å². The van der Waals surface area contributed by atoms with Gasteiger partial charge in [0.15, 0.2) is 0 Å². The summed E-state index contributed by atoms with van der Waals surface area (Å²) in [5.74, 6) is 0.771. The van der Waals surface area contributed by atoms with E-state index in [1.165, 1.54) is 16.0 Å². The van der Waals surface area contributed by atoms with Gasteiger partial charge in [0, 0.05) is 48.9 Å². The number of hydrogen-bond donors (Lipinski definition) is 2. The third-order valence-corrected chi connectivity index (χ3v) is 5.92. The number of aryl methyl sites for hydroxylation is 1. The Labute approximate surface area is 164 Å². The molecule has 1 aliphatic rings. The van der Waals surface area contributed by atoms with E-state index in [-0.39, 0.29) is 5.56 Å². The van der Waals surface area contributed by atoms with Crippen LogP contribution in [0.4, 0.5) is 11.5 Å².